The van der Waals surface area contributed by atoms with Crippen molar-refractivity contribution in [3.63, 3.8) is 0 Å². The summed E-state index contributed by atoms with van der Waals surface area (Å²) in [6, 6.07) is 13.4. The maximum Gasteiger partial charge on any atom is 0.417 e. The Morgan fingerprint density at radius 3 is 2.55 bits per heavy atom. The van der Waals surface area contributed by atoms with Crippen molar-refractivity contribution in [1.82, 2.24) is 0 Å². The van der Waals surface area contributed by atoms with E-state index >= 15 is 0 Å². The molecule has 6 nitrogen and oxygen atoms in total. The highest BCUT2D eigenvalue weighted by molar-refractivity contribution is 5.88. The minimum absolute atomic E-state index is 0.185. The SMILES string of the molecule is COc1ccc(OC)c(NC(=O)Oc2ccccc2C#N)c1. The summed E-state index contributed by atoms with van der Waals surface area (Å²) in [5.74, 6) is 1.21. The summed E-state index contributed by atoms with van der Waals surface area (Å²) in [7, 11) is 3.01. The van der Waals surface area contributed by atoms with Gasteiger partial charge in [-0.25, -0.2) is 4.79 Å². The van der Waals surface area contributed by atoms with E-state index in [1.54, 1.807) is 42.5 Å². The molecule has 0 aliphatic heterocycles. The fraction of sp³-hybridized carbons (Fsp3) is 0.125. The highest BCUT2D eigenvalue weighted by Gasteiger charge is 2.12. The predicted octanol–water partition coefficient (Wildman–Crippen LogP) is 3.19. The Kier molecular flexibility index (Phi) is 4.83. The molecule has 2 aromatic carbocycles. The largest absolute Gasteiger partial charge is 0.497 e. The smallest absolute Gasteiger partial charge is 0.417 e. The molecule has 0 unspecified atom stereocenters. The second kappa shape index (κ2) is 6.99. The van der Waals surface area contributed by atoms with Crippen LogP contribution in [0.2, 0.25) is 0 Å². The number of hydrogen-bond donors (Lipinski definition) is 1. The number of ether oxygens (including phenoxy) is 3. The van der Waals surface area contributed by atoms with Crippen LogP contribution >= 0.6 is 0 Å². The molecule has 0 aromatic heterocycles. The second-order valence-electron chi connectivity index (χ2n) is 4.19. The van der Waals surface area contributed by atoms with Crippen LogP contribution in [0.5, 0.6) is 17.2 Å². The highest BCUT2D eigenvalue weighted by atomic mass is 16.6. The van der Waals surface area contributed by atoms with Crippen LogP contribution in [0.1, 0.15) is 5.56 Å². The van der Waals surface area contributed by atoms with Gasteiger partial charge in [-0.2, -0.15) is 5.26 Å². The normalized spacial score (nSPS) is 9.50. The standard InChI is InChI=1S/C16H14N2O4/c1-20-12-7-8-15(21-2)13(9-12)18-16(19)22-14-6-4-3-5-11(14)10-17/h3-9H,1-2H3,(H,18,19). The zero-order chi connectivity index (χ0) is 15.9. The average molecular weight is 298 g/mol. The minimum atomic E-state index is -0.728. The molecule has 0 heterocycles. The summed E-state index contributed by atoms with van der Waals surface area (Å²) in [6.07, 6.45) is -0.728. The molecule has 0 saturated heterocycles. The first-order valence-corrected chi connectivity index (χ1v) is 6.38. The minimum Gasteiger partial charge on any atom is -0.497 e. The molecule has 0 spiro atoms. The first-order chi connectivity index (χ1) is 10.7. The van der Waals surface area contributed by atoms with Gasteiger partial charge in [0.1, 0.15) is 17.6 Å². The number of methoxy groups -OCH3 is 2. The van der Waals surface area contributed by atoms with Crippen LogP contribution in [-0.4, -0.2) is 20.3 Å². The van der Waals surface area contributed by atoms with Gasteiger partial charge in [-0.05, 0) is 24.3 Å². The van der Waals surface area contributed by atoms with Crippen molar-refractivity contribution >= 4 is 11.8 Å². The molecule has 0 fully saturated rings. The number of anilines is 1. The summed E-state index contributed by atoms with van der Waals surface area (Å²) in [4.78, 5) is 12.0. The third-order valence-corrected chi connectivity index (χ3v) is 2.85. The van der Waals surface area contributed by atoms with E-state index in [9.17, 15) is 4.79 Å². The molecule has 0 bridgehead atoms. The molecular weight excluding hydrogens is 284 g/mol. The van der Waals surface area contributed by atoms with Gasteiger partial charge in [0, 0.05) is 6.07 Å². The second-order valence-corrected chi connectivity index (χ2v) is 4.19. The van der Waals surface area contributed by atoms with E-state index in [4.69, 9.17) is 19.5 Å². The van der Waals surface area contributed by atoms with Crippen molar-refractivity contribution in [2.24, 2.45) is 0 Å². The van der Waals surface area contributed by atoms with Crippen molar-refractivity contribution < 1.29 is 19.0 Å². The lowest BCUT2D eigenvalue weighted by atomic mass is 10.2. The number of para-hydroxylation sites is 1. The number of nitriles is 1. The Morgan fingerprint density at radius 2 is 1.86 bits per heavy atom. The third-order valence-electron chi connectivity index (χ3n) is 2.85. The Bertz CT molecular complexity index is 722. The molecule has 0 aliphatic carbocycles. The molecule has 1 amide bonds. The molecule has 0 saturated carbocycles. The van der Waals surface area contributed by atoms with E-state index in [1.165, 1.54) is 14.2 Å². The van der Waals surface area contributed by atoms with E-state index in [1.807, 2.05) is 6.07 Å². The summed E-state index contributed by atoms with van der Waals surface area (Å²) < 4.78 is 15.4. The average Bonchev–Trinajstić information content (AvgIpc) is 2.55. The van der Waals surface area contributed by atoms with E-state index in [-0.39, 0.29) is 11.3 Å². The van der Waals surface area contributed by atoms with Crippen molar-refractivity contribution in [3.05, 3.63) is 48.0 Å². The van der Waals surface area contributed by atoms with E-state index in [2.05, 4.69) is 5.32 Å². The number of carbonyl (C=O) groups is 1. The Labute approximate surface area is 127 Å². The zero-order valence-corrected chi connectivity index (χ0v) is 12.1. The van der Waals surface area contributed by atoms with Gasteiger partial charge in [0.25, 0.3) is 0 Å². The van der Waals surface area contributed by atoms with Gasteiger partial charge in [0.2, 0.25) is 0 Å². The quantitative estimate of drug-likeness (QED) is 0.937. The number of benzene rings is 2. The van der Waals surface area contributed by atoms with Crippen LogP contribution in [0.15, 0.2) is 42.5 Å². The number of nitrogens with one attached hydrogen (secondary N) is 1. The van der Waals surface area contributed by atoms with E-state index in [0.717, 1.165) is 0 Å². The lowest BCUT2D eigenvalue weighted by Crippen LogP contribution is -2.17. The molecule has 1 N–H and O–H groups in total. The van der Waals surface area contributed by atoms with Gasteiger partial charge in [0.15, 0.2) is 5.75 Å². The number of rotatable bonds is 4. The fourth-order valence-corrected chi connectivity index (χ4v) is 1.80. The third kappa shape index (κ3) is 3.46. The van der Waals surface area contributed by atoms with E-state index < -0.39 is 6.09 Å². The van der Waals surface area contributed by atoms with Gasteiger partial charge in [-0.3, -0.25) is 5.32 Å². The first kappa shape index (κ1) is 15.2. The highest BCUT2D eigenvalue weighted by Crippen LogP contribution is 2.29. The van der Waals surface area contributed by atoms with E-state index in [0.29, 0.717) is 17.2 Å². The number of amides is 1. The molecular formula is C16H14N2O4. The molecule has 2 rings (SSSR count). The van der Waals surface area contributed by atoms with Crippen molar-refractivity contribution in [1.29, 1.82) is 5.26 Å². The Morgan fingerprint density at radius 1 is 1.09 bits per heavy atom. The number of carbonyl (C=O) groups excluding carboxylic acids is 1. The van der Waals surface area contributed by atoms with Crippen molar-refractivity contribution in [2.75, 3.05) is 19.5 Å². The molecule has 2 aromatic rings. The van der Waals surface area contributed by atoms with Crippen molar-refractivity contribution in [3.8, 4) is 23.3 Å². The first-order valence-electron chi connectivity index (χ1n) is 6.38. The lowest BCUT2D eigenvalue weighted by molar-refractivity contribution is 0.215. The van der Waals surface area contributed by atoms with Crippen LogP contribution < -0.4 is 19.5 Å². The van der Waals surface area contributed by atoms with Crippen LogP contribution in [0.4, 0.5) is 10.5 Å². The van der Waals surface area contributed by atoms with Gasteiger partial charge in [-0.15, -0.1) is 0 Å². The lowest BCUT2D eigenvalue weighted by Gasteiger charge is -2.12. The van der Waals surface area contributed by atoms with Crippen LogP contribution in [0, 0.1) is 11.3 Å². The molecule has 22 heavy (non-hydrogen) atoms. The molecule has 6 heteroatoms. The van der Waals surface area contributed by atoms with Gasteiger partial charge in [-0.1, -0.05) is 12.1 Å². The molecule has 0 aliphatic rings. The number of nitrogens with zero attached hydrogens (tertiary/aromatic N) is 1. The zero-order valence-electron chi connectivity index (χ0n) is 12.1. The summed E-state index contributed by atoms with van der Waals surface area (Å²) in [6.45, 7) is 0. The summed E-state index contributed by atoms with van der Waals surface area (Å²) in [5, 5.41) is 11.5. The molecule has 0 radical (unpaired) electrons. The fourth-order valence-electron chi connectivity index (χ4n) is 1.80. The van der Waals surface area contributed by atoms with Gasteiger partial charge >= 0.3 is 6.09 Å². The molecule has 112 valence electrons. The van der Waals surface area contributed by atoms with Gasteiger partial charge in [0.05, 0.1) is 25.5 Å². The van der Waals surface area contributed by atoms with Crippen LogP contribution in [0.3, 0.4) is 0 Å². The maximum atomic E-state index is 12.0. The summed E-state index contributed by atoms with van der Waals surface area (Å²) in [5.41, 5.74) is 0.677. The van der Waals surface area contributed by atoms with Crippen LogP contribution in [-0.2, 0) is 0 Å². The monoisotopic (exact) mass is 298 g/mol. The molecule has 0 atom stereocenters. The number of hydrogen-bond acceptors (Lipinski definition) is 5. The maximum absolute atomic E-state index is 12.0. The summed E-state index contributed by atoms with van der Waals surface area (Å²) >= 11 is 0. The topological polar surface area (TPSA) is 80.6 Å². The Balaban J connectivity index is 2.17. The Hall–Kier alpha value is -3.20. The predicted molar refractivity (Wildman–Crippen MR) is 80.3 cm³/mol. The van der Waals surface area contributed by atoms with Crippen molar-refractivity contribution in [2.45, 2.75) is 0 Å². The van der Waals surface area contributed by atoms with Crippen LogP contribution in [0.25, 0.3) is 0 Å². The van der Waals surface area contributed by atoms with Gasteiger partial charge < -0.3 is 14.2 Å².